The van der Waals surface area contributed by atoms with Crippen molar-refractivity contribution < 1.29 is 18.0 Å². The van der Waals surface area contributed by atoms with E-state index in [2.05, 4.69) is 31.2 Å². The van der Waals surface area contributed by atoms with Crippen molar-refractivity contribution in [2.75, 3.05) is 5.32 Å². The van der Waals surface area contributed by atoms with Crippen molar-refractivity contribution in [3.8, 4) is 0 Å². The Bertz CT molecular complexity index is 994. The molecule has 4 nitrogen and oxygen atoms in total. The SMILES string of the molecule is O=C(Nc1ncc(Cc2cc(C(F)(F)F)ccc2Cl)s1)c1cncc(Br)c1. The molecule has 27 heavy (non-hydrogen) atoms. The van der Waals surface area contributed by atoms with Crippen LogP contribution in [0.25, 0.3) is 0 Å². The molecule has 2 aromatic heterocycles. The zero-order valence-corrected chi connectivity index (χ0v) is 16.5. The van der Waals surface area contributed by atoms with Crippen LogP contribution in [0.2, 0.25) is 5.02 Å². The van der Waals surface area contributed by atoms with Crippen LogP contribution in [-0.2, 0) is 12.6 Å². The van der Waals surface area contributed by atoms with Crippen molar-refractivity contribution >= 4 is 49.9 Å². The van der Waals surface area contributed by atoms with Crippen LogP contribution >= 0.6 is 38.9 Å². The lowest BCUT2D eigenvalue weighted by atomic mass is 10.1. The number of aromatic nitrogens is 2. The molecule has 0 saturated carbocycles. The number of nitrogens with one attached hydrogen (secondary N) is 1. The number of amides is 1. The molecule has 10 heteroatoms. The van der Waals surface area contributed by atoms with Gasteiger partial charge in [-0.05, 0) is 45.8 Å². The molecular formula is C17H10BrClF3N3OS. The van der Waals surface area contributed by atoms with Crippen molar-refractivity contribution in [2.45, 2.75) is 12.6 Å². The first-order valence-corrected chi connectivity index (χ1v) is 9.43. The summed E-state index contributed by atoms with van der Waals surface area (Å²) in [7, 11) is 0. The number of hydrogen-bond acceptors (Lipinski definition) is 4. The van der Waals surface area contributed by atoms with Gasteiger partial charge in [-0.15, -0.1) is 11.3 Å². The molecule has 0 aliphatic heterocycles. The summed E-state index contributed by atoms with van der Waals surface area (Å²) in [5, 5.41) is 3.21. The van der Waals surface area contributed by atoms with E-state index in [4.69, 9.17) is 11.6 Å². The number of carbonyl (C=O) groups excluding carboxylic acids is 1. The fourth-order valence-electron chi connectivity index (χ4n) is 2.23. The summed E-state index contributed by atoms with van der Waals surface area (Å²) in [5.74, 6) is -0.387. The summed E-state index contributed by atoms with van der Waals surface area (Å²) in [5.41, 5.74) is -0.0756. The first-order chi connectivity index (χ1) is 12.7. The summed E-state index contributed by atoms with van der Waals surface area (Å²) in [6.45, 7) is 0. The number of rotatable bonds is 4. The van der Waals surface area contributed by atoms with E-state index in [-0.39, 0.29) is 17.4 Å². The molecular weight excluding hydrogens is 467 g/mol. The van der Waals surface area contributed by atoms with Gasteiger partial charge in [0.2, 0.25) is 0 Å². The number of halogens is 5. The normalized spacial score (nSPS) is 11.4. The molecule has 3 rings (SSSR count). The molecule has 0 fully saturated rings. The molecule has 140 valence electrons. The van der Waals surface area contributed by atoms with E-state index in [9.17, 15) is 18.0 Å². The lowest BCUT2D eigenvalue weighted by Gasteiger charge is -2.09. The molecule has 2 heterocycles. The van der Waals surface area contributed by atoms with Crippen LogP contribution in [0.3, 0.4) is 0 Å². The Kier molecular flexibility index (Phi) is 5.83. The average molecular weight is 477 g/mol. The molecule has 1 N–H and O–H groups in total. The van der Waals surface area contributed by atoms with Crippen LogP contribution in [-0.4, -0.2) is 15.9 Å². The smallest absolute Gasteiger partial charge is 0.298 e. The molecule has 0 aliphatic carbocycles. The van der Waals surface area contributed by atoms with Gasteiger partial charge in [-0.25, -0.2) is 4.98 Å². The first kappa shape index (κ1) is 19.8. The average Bonchev–Trinajstić information content (AvgIpc) is 3.03. The highest BCUT2D eigenvalue weighted by atomic mass is 79.9. The zero-order valence-electron chi connectivity index (χ0n) is 13.3. The number of nitrogens with zero attached hydrogens (tertiary/aromatic N) is 2. The molecule has 0 saturated heterocycles. The second kappa shape index (κ2) is 7.95. The number of hydrogen-bond donors (Lipinski definition) is 1. The van der Waals surface area contributed by atoms with Gasteiger partial charge in [0.05, 0.1) is 11.1 Å². The van der Waals surface area contributed by atoms with Crippen molar-refractivity contribution in [3.63, 3.8) is 0 Å². The maximum atomic E-state index is 12.9. The van der Waals surface area contributed by atoms with Crippen LogP contribution < -0.4 is 5.32 Å². The minimum atomic E-state index is -4.44. The van der Waals surface area contributed by atoms with Crippen LogP contribution in [0, 0.1) is 0 Å². The Morgan fingerprint density at radius 1 is 1.22 bits per heavy atom. The predicted octanol–water partition coefficient (Wildman–Crippen LogP) is 5.82. The number of anilines is 1. The van der Waals surface area contributed by atoms with Crippen molar-refractivity contribution in [3.05, 3.63) is 73.9 Å². The van der Waals surface area contributed by atoms with E-state index in [0.717, 1.165) is 23.5 Å². The molecule has 0 bridgehead atoms. The number of alkyl halides is 3. The third-order valence-electron chi connectivity index (χ3n) is 3.48. The highest BCUT2D eigenvalue weighted by molar-refractivity contribution is 9.10. The van der Waals surface area contributed by atoms with Crippen molar-refractivity contribution in [2.24, 2.45) is 0 Å². The Labute approximate surface area is 169 Å². The summed E-state index contributed by atoms with van der Waals surface area (Å²) in [6.07, 6.45) is 0.197. The highest BCUT2D eigenvalue weighted by Crippen LogP contribution is 2.33. The van der Waals surface area contributed by atoms with Crippen LogP contribution in [0.4, 0.5) is 18.3 Å². The van der Waals surface area contributed by atoms with E-state index in [1.54, 1.807) is 12.3 Å². The van der Waals surface area contributed by atoms with Gasteiger partial charge in [0.25, 0.3) is 5.91 Å². The van der Waals surface area contributed by atoms with Crippen molar-refractivity contribution in [1.29, 1.82) is 0 Å². The van der Waals surface area contributed by atoms with Gasteiger partial charge in [0.1, 0.15) is 0 Å². The van der Waals surface area contributed by atoms with Crippen LogP contribution in [0.15, 0.2) is 47.3 Å². The standard InChI is InChI=1S/C17H10BrClF3N3OS/c18-12-4-10(6-23-7-12)15(26)25-16-24-8-13(27-16)5-9-3-11(17(20,21)22)1-2-14(9)19/h1-4,6-8H,5H2,(H,24,25,26). The zero-order chi connectivity index (χ0) is 19.6. The van der Waals surface area contributed by atoms with E-state index in [0.29, 0.717) is 25.6 Å². The predicted molar refractivity (Wildman–Crippen MR) is 101 cm³/mol. The number of carbonyl (C=O) groups is 1. The fourth-order valence-corrected chi connectivity index (χ4v) is 3.61. The van der Waals surface area contributed by atoms with Gasteiger partial charge in [0, 0.05) is 39.4 Å². The Morgan fingerprint density at radius 3 is 2.70 bits per heavy atom. The van der Waals surface area contributed by atoms with Gasteiger partial charge in [-0.1, -0.05) is 11.6 Å². The molecule has 3 aromatic rings. The fraction of sp³-hybridized carbons (Fsp3) is 0.118. The Balaban J connectivity index is 1.74. The Hall–Kier alpha value is -1.97. The van der Waals surface area contributed by atoms with Gasteiger partial charge in [0.15, 0.2) is 5.13 Å². The van der Waals surface area contributed by atoms with Gasteiger partial charge >= 0.3 is 6.18 Å². The van der Waals surface area contributed by atoms with Gasteiger partial charge in [-0.3, -0.25) is 15.1 Å². The maximum Gasteiger partial charge on any atom is 0.416 e. The molecule has 0 radical (unpaired) electrons. The third-order valence-corrected chi connectivity index (χ3v) is 5.19. The largest absolute Gasteiger partial charge is 0.416 e. The van der Waals surface area contributed by atoms with Crippen molar-refractivity contribution in [1.82, 2.24) is 9.97 Å². The molecule has 0 spiro atoms. The van der Waals surface area contributed by atoms with Crippen LogP contribution in [0.5, 0.6) is 0 Å². The third kappa shape index (κ3) is 5.06. The molecule has 1 aromatic carbocycles. The monoisotopic (exact) mass is 475 g/mol. The lowest BCUT2D eigenvalue weighted by Crippen LogP contribution is -2.11. The second-order valence-electron chi connectivity index (χ2n) is 5.46. The Morgan fingerprint density at radius 2 is 2.00 bits per heavy atom. The van der Waals surface area contributed by atoms with Gasteiger partial charge < -0.3 is 0 Å². The van der Waals surface area contributed by atoms with E-state index >= 15 is 0 Å². The molecule has 0 unspecified atom stereocenters. The molecule has 0 atom stereocenters. The number of pyridine rings is 1. The van der Waals surface area contributed by atoms with E-state index < -0.39 is 11.7 Å². The quantitative estimate of drug-likeness (QED) is 0.516. The lowest BCUT2D eigenvalue weighted by molar-refractivity contribution is -0.137. The topological polar surface area (TPSA) is 54.9 Å². The number of benzene rings is 1. The van der Waals surface area contributed by atoms with Gasteiger partial charge in [-0.2, -0.15) is 13.2 Å². The molecule has 1 amide bonds. The first-order valence-electron chi connectivity index (χ1n) is 7.44. The number of thiazole rings is 1. The van der Waals surface area contributed by atoms with Crippen LogP contribution in [0.1, 0.15) is 26.4 Å². The molecule has 0 aliphatic rings. The maximum absolute atomic E-state index is 12.9. The van der Waals surface area contributed by atoms with E-state index in [1.165, 1.54) is 18.5 Å². The second-order valence-corrected chi connectivity index (χ2v) is 7.90. The summed E-state index contributed by atoms with van der Waals surface area (Å²) < 4.78 is 39.3. The summed E-state index contributed by atoms with van der Waals surface area (Å²) in [6, 6.07) is 4.80. The summed E-state index contributed by atoms with van der Waals surface area (Å²) >= 11 is 10.4. The summed E-state index contributed by atoms with van der Waals surface area (Å²) in [4.78, 5) is 20.9. The van der Waals surface area contributed by atoms with E-state index in [1.807, 2.05) is 0 Å². The minimum absolute atomic E-state index is 0.175. The highest BCUT2D eigenvalue weighted by Gasteiger charge is 2.30. The minimum Gasteiger partial charge on any atom is -0.298 e.